The largest absolute Gasteiger partial charge is 0.378 e. The molecule has 0 saturated carbocycles. The van der Waals surface area contributed by atoms with E-state index in [1.54, 1.807) is 18.0 Å². The molecular formula is C20H27N3O4S2. The van der Waals surface area contributed by atoms with Crippen LogP contribution in [0.4, 0.5) is 5.69 Å². The quantitative estimate of drug-likeness (QED) is 0.683. The Balaban J connectivity index is 1.53. The number of thiophene rings is 1. The van der Waals surface area contributed by atoms with Crippen LogP contribution in [0.25, 0.3) is 0 Å². The van der Waals surface area contributed by atoms with Crippen molar-refractivity contribution in [2.75, 3.05) is 51.1 Å². The Labute approximate surface area is 176 Å². The third-order valence-corrected chi connectivity index (χ3v) is 6.55. The Bertz CT molecular complexity index is 919. The zero-order valence-electron chi connectivity index (χ0n) is 16.8. The second-order valence-corrected chi connectivity index (χ2v) is 10.1. The SMILES string of the molecule is CN(Cc1ccc(N2CCOCC2)cc1)C(=O)c1ccc(CCNS(C)(=O)=O)s1. The highest BCUT2D eigenvalue weighted by Gasteiger charge is 2.16. The topological polar surface area (TPSA) is 79.0 Å². The zero-order chi connectivity index (χ0) is 20.9. The molecule has 1 aliphatic heterocycles. The Morgan fingerprint density at radius 2 is 1.86 bits per heavy atom. The van der Waals surface area contributed by atoms with Gasteiger partial charge in [0.05, 0.1) is 24.3 Å². The van der Waals surface area contributed by atoms with Gasteiger partial charge in [-0.05, 0) is 36.2 Å². The fraction of sp³-hybridized carbons (Fsp3) is 0.450. The zero-order valence-corrected chi connectivity index (χ0v) is 18.4. The van der Waals surface area contributed by atoms with Crippen LogP contribution in [0.15, 0.2) is 36.4 Å². The Hall–Kier alpha value is -1.94. The second kappa shape index (κ2) is 9.71. The lowest BCUT2D eigenvalue weighted by Gasteiger charge is -2.29. The molecule has 1 N–H and O–H groups in total. The molecule has 158 valence electrons. The predicted octanol–water partition coefficient (Wildman–Crippen LogP) is 1.95. The number of hydrogen-bond acceptors (Lipinski definition) is 6. The molecule has 1 aromatic heterocycles. The maximum Gasteiger partial charge on any atom is 0.263 e. The number of benzene rings is 1. The van der Waals surface area contributed by atoms with E-state index in [1.807, 2.05) is 6.07 Å². The summed E-state index contributed by atoms with van der Waals surface area (Å²) in [6, 6.07) is 12.0. The van der Waals surface area contributed by atoms with Crippen LogP contribution in [0.3, 0.4) is 0 Å². The molecule has 1 saturated heterocycles. The Kier molecular flexibility index (Phi) is 7.28. The van der Waals surface area contributed by atoms with Crippen molar-refractivity contribution in [2.45, 2.75) is 13.0 Å². The average Bonchev–Trinajstić information content (AvgIpc) is 3.16. The van der Waals surface area contributed by atoms with Crippen molar-refractivity contribution in [3.63, 3.8) is 0 Å². The van der Waals surface area contributed by atoms with Gasteiger partial charge in [-0.2, -0.15) is 0 Å². The van der Waals surface area contributed by atoms with Crippen LogP contribution in [0.5, 0.6) is 0 Å². The molecule has 9 heteroatoms. The summed E-state index contributed by atoms with van der Waals surface area (Å²) in [5.41, 5.74) is 2.25. The van der Waals surface area contributed by atoms with Gasteiger partial charge in [0.15, 0.2) is 0 Å². The first-order valence-corrected chi connectivity index (χ1v) is 12.2. The summed E-state index contributed by atoms with van der Waals surface area (Å²) in [5.74, 6) is -0.0328. The van der Waals surface area contributed by atoms with Gasteiger partial charge < -0.3 is 14.5 Å². The van der Waals surface area contributed by atoms with E-state index in [-0.39, 0.29) is 5.91 Å². The molecule has 0 bridgehead atoms. The van der Waals surface area contributed by atoms with Gasteiger partial charge >= 0.3 is 0 Å². The summed E-state index contributed by atoms with van der Waals surface area (Å²) in [6.45, 7) is 4.18. The maximum absolute atomic E-state index is 12.7. The third-order valence-electron chi connectivity index (χ3n) is 4.69. The van der Waals surface area contributed by atoms with Gasteiger partial charge in [-0.3, -0.25) is 4.79 Å². The predicted molar refractivity (Wildman–Crippen MR) is 116 cm³/mol. The molecule has 0 atom stereocenters. The van der Waals surface area contributed by atoms with E-state index in [2.05, 4.69) is 33.9 Å². The number of carbonyl (C=O) groups is 1. The van der Waals surface area contributed by atoms with Crippen LogP contribution < -0.4 is 9.62 Å². The summed E-state index contributed by atoms with van der Waals surface area (Å²) >= 11 is 1.41. The highest BCUT2D eigenvalue weighted by atomic mass is 32.2. The van der Waals surface area contributed by atoms with E-state index in [4.69, 9.17) is 4.74 Å². The molecule has 1 aromatic carbocycles. The number of ether oxygens (including phenoxy) is 1. The molecule has 0 unspecified atom stereocenters. The van der Waals surface area contributed by atoms with Crippen molar-refractivity contribution < 1.29 is 17.9 Å². The molecule has 0 spiro atoms. The van der Waals surface area contributed by atoms with E-state index in [9.17, 15) is 13.2 Å². The van der Waals surface area contributed by atoms with Crippen LogP contribution in [-0.2, 0) is 27.7 Å². The van der Waals surface area contributed by atoms with E-state index < -0.39 is 10.0 Å². The molecule has 1 fully saturated rings. The first-order chi connectivity index (χ1) is 13.8. The summed E-state index contributed by atoms with van der Waals surface area (Å²) in [4.78, 5) is 18.4. The summed E-state index contributed by atoms with van der Waals surface area (Å²) in [5, 5.41) is 0. The van der Waals surface area contributed by atoms with Crippen molar-refractivity contribution >= 4 is 33.0 Å². The molecule has 7 nitrogen and oxygen atoms in total. The number of anilines is 1. The van der Waals surface area contributed by atoms with E-state index in [0.717, 1.165) is 43.0 Å². The van der Waals surface area contributed by atoms with Crippen molar-refractivity contribution in [1.29, 1.82) is 0 Å². The highest BCUT2D eigenvalue weighted by molar-refractivity contribution is 7.88. The lowest BCUT2D eigenvalue weighted by molar-refractivity contribution is 0.0790. The number of nitrogens with zero attached hydrogens (tertiary/aromatic N) is 2. The number of rotatable bonds is 8. The van der Waals surface area contributed by atoms with Crippen molar-refractivity contribution in [2.24, 2.45) is 0 Å². The lowest BCUT2D eigenvalue weighted by Crippen LogP contribution is -2.36. The number of hydrogen-bond donors (Lipinski definition) is 1. The second-order valence-electron chi connectivity index (χ2n) is 7.11. The minimum atomic E-state index is -3.19. The Morgan fingerprint density at radius 1 is 1.17 bits per heavy atom. The number of carbonyl (C=O) groups excluding carboxylic acids is 1. The summed E-state index contributed by atoms with van der Waals surface area (Å²) < 4.78 is 30.1. The van der Waals surface area contributed by atoms with E-state index >= 15 is 0 Å². The van der Waals surface area contributed by atoms with Gasteiger partial charge in [0, 0.05) is 43.8 Å². The molecule has 2 heterocycles. The molecule has 29 heavy (non-hydrogen) atoms. The van der Waals surface area contributed by atoms with E-state index in [0.29, 0.717) is 24.4 Å². The number of amides is 1. The standard InChI is InChI=1S/C20H27N3O4S2/c1-22(15-16-3-5-17(6-4-16)23-11-13-27-14-12-23)20(24)19-8-7-18(28-19)9-10-21-29(2,25)26/h3-8,21H,9-15H2,1-2H3. The average molecular weight is 438 g/mol. The van der Waals surface area contributed by atoms with Crippen LogP contribution in [0.1, 0.15) is 20.1 Å². The van der Waals surface area contributed by atoms with Crippen LogP contribution in [0.2, 0.25) is 0 Å². The van der Waals surface area contributed by atoms with Gasteiger partial charge in [0.1, 0.15) is 0 Å². The van der Waals surface area contributed by atoms with Crippen LogP contribution in [0, 0.1) is 0 Å². The van der Waals surface area contributed by atoms with Gasteiger partial charge in [0.25, 0.3) is 5.91 Å². The molecule has 2 aromatic rings. The van der Waals surface area contributed by atoms with Crippen molar-refractivity contribution in [1.82, 2.24) is 9.62 Å². The fourth-order valence-electron chi connectivity index (χ4n) is 3.15. The summed E-state index contributed by atoms with van der Waals surface area (Å²) in [7, 11) is -1.40. The Morgan fingerprint density at radius 3 is 2.52 bits per heavy atom. The smallest absolute Gasteiger partial charge is 0.263 e. The number of sulfonamides is 1. The lowest BCUT2D eigenvalue weighted by atomic mass is 10.1. The van der Waals surface area contributed by atoms with Gasteiger partial charge in [-0.15, -0.1) is 11.3 Å². The van der Waals surface area contributed by atoms with Crippen LogP contribution >= 0.6 is 11.3 Å². The van der Waals surface area contributed by atoms with Crippen molar-refractivity contribution in [3.8, 4) is 0 Å². The molecule has 1 amide bonds. The fourth-order valence-corrected chi connectivity index (χ4v) is 4.63. The maximum atomic E-state index is 12.7. The normalized spacial score (nSPS) is 14.8. The first kappa shape index (κ1) is 21.8. The monoisotopic (exact) mass is 437 g/mol. The number of morpholine rings is 1. The molecule has 1 aliphatic rings. The van der Waals surface area contributed by atoms with E-state index in [1.165, 1.54) is 17.0 Å². The molecule has 0 aliphatic carbocycles. The minimum Gasteiger partial charge on any atom is -0.378 e. The molecule has 0 radical (unpaired) electrons. The molecular weight excluding hydrogens is 410 g/mol. The highest BCUT2D eigenvalue weighted by Crippen LogP contribution is 2.21. The molecule has 3 rings (SSSR count). The van der Waals surface area contributed by atoms with Gasteiger partial charge in [-0.25, -0.2) is 13.1 Å². The minimum absolute atomic E-state index is 0.0328. The first-order valence-electron chi connectivity index (χ1n) is 9.52. The van der Waals surface area contributed by atoms with Crippen molar-refractivity contribution in [3.05, 3.63) is 51.7 Å². The summed E-state index contributed by atoms with van der Waals surface area (Å²) in [6.07, 6.45) is 1.70. The van der Waals surface area contributed by atoms with Gasteiger partial charge in [0.2, 0.25) is 10.0 Å². The van der Waals surface area contributed by atoms with Crippen LogP contribution in [-0.4, -0.2) is 65.4 Å². The van der Waals surface area contributed by atoms with Gasteiger partial charge in [-0.1, -0.05) is 12.1 Å². The third kappa shape index (κ3) is 6.53. The number of nitrogens with one attached hydrogen (secondary N) is 1.